The van der Waals surface area contributed by atoms with Gasteiger partial charge in [0.15, 0.2) is 0 Å². The van der Waals surface area contributed by atoms with E-state index < -0.39 is 5.60 Å². The van der Waals surface area contributed by atoms with Crippen molar-refractivity contribution in [3.05, 3.63) is 0 Å². The van der Waals surface area contributed by atoms with Crippen molar-refractivity contribution in [3.63, 3.8) is 0 Å². The maximum absolute atomic E-state index is 11.8. The second kappa shape index (κ2) is 7.84. The minimum absolute atomic E-state index is 0.249. The van der Waals surface area contributed by atoms with Crippen LogP contribution in [0.2, 0.25) is 0 Å². The highest BCUT2D eigenvalue weighted by Crippen LogP contribution is 2.16. The van der Waals surface area contributed by atoms with E-state index in [9.17, 15) is 4.79 Å². The number of carbonyl (C=O) groups excluding carboxylic acids is 1. The number of ether oxygens (including phenoxy) is 1. The first-order valence-corrected chi connectivity index (χ1v) is 7.71. The molecule has 0 unspecified atom stereocenters. The molecule has 0 bridgehead atoms. The first-order chi connectivity index (χ1) is 9.28. The van der Waals surface area contributed by atoms with Crippen LogP contribution >= 0.6 is 0 Å². The minimum atomic E-state index is -0.426. The third-order valence-corrected chi connectivity index (χ3v) is 3.58. The molecule has 0 aromatic rings. The highest BCUT2D eigenvalue weighted by molar-refractivity contribution is 5.67. The molecule has 5 nitrogen and oxygen atoms in total. The molecule has 1 aliphatic carbocycles. The summed E-state index contributed by atoms with van der Waals surface area (Å²) in [6.07, 6.45) is 5.27. The highest BCUT2D eigenvalue weighted by atomic mass is 16.6. The number of hydrogen-bond donors (Lipinski definition) is 2. The van der Waals surface area contributed by atoms with Crippen molar-refractivity contribution in [2.24, 2.45) is 5.73 Å². The number of hydrogen-bond acceptors (Lipinski definition) is 4. The Bertz CT molecular complexity index is 294. The molecule has 118 valence electrons. The molecule has 5 heteroatoms. The Labute approximate surface area is 123 Å². The van der Waals surface area contributed by atoms with Crippen LogP contribution in [0.25, 0.3) is 0 Å². The Morgan fingerprint density at radius 3 is 2.45 bits per heavy atom. The minimum Gasteiger partial charge on any atom is -0.444 e. The lowest BCUT2D eigenvalue weighted by Crippen LogP contribution is -2.39. The Morgan fingerprint density at radius 1 is 1.30 bits per heavy atom. The lowest BCUT2D eigenvalue weighted by atomic mass is 9.92. The van der Waals surface area contributed by atoms with Gasteiger partial charge in [-0.05, 0) is 59.4 Å². The zero-order chi connectivity index (χ0) is 15.2. The standard InChI is InChI=1S/C15H31N3O2/c1-15(2,3)20-14(19)18(4)11-5-10-17-13-8-6-12(16)7-9-13/h12-13,17H,5-11,16H2,1-4H3. The van der Waals surface area contributed by atoms with Crippen molar-refractivity contribution in [1.29, 1.82) is 0 Å². The number of nitrogens with two attached hydrogens (primary N) is 1. The molecule has 3 N–H and O–H groups in total. The van der Waals surface area contributed by atoms with Gasteiger partial charge in [-0.2, -0.15) is 0 Å². The summed E-state index contributed by atoms with van der Waals surface area (Å²) >= 11 is 0. The van der Waals surface area contributed by atoms with Crippen LogP contribution in [0, 0.1) is 0 Å². The van der Waals surface area contributed by atoms with Gasteiger partial charge >= 0.3 is 6.09 Å². The number of rotatable bonds is 5. The van der Waals surface area contributed by atoms with Gasteiger partial charge in [-0.1, -0.05) is 0 Å². The molecule has 1 amide bonds. The lowest BCUT2D eigenvalue weighted by Gasteiger charge is -2.27. The summed E-state index contributed by atoms with van der Waals surface area (Å²) < 4.78 is 5.31. The molecule has 0 saturated heterocycles. The van der Waals surface area contributed by atoms with E-state index in [1.165, 1.54) is 12.8 Å². The first kappa shape index (κ1) is 17.2. The van der Waals surface area contributed by atoms with E-state index in [1.54, 1.807) is 11.9 Å². The molecular formula is C15H31N3O2. The van der Waals surface area contributed by atoms with Gasteiger partial charge in [0, 0.05) is 25.7 Å². The normalized spacial score (nSPS) is 23.4. The molecule has 0 radical (unpaired) electrons. The van der Waals surface area contributed by atoms with Gasteiger partial charge in [0.25, 0.3) is 0 Å². The van der Waals surface area contributed by atoms with Crippen molar-refractivity contribution in [2.45, 2.75) is 70.6 Å². The fourth-order valence-corrected chi connectivity index (χ4v) is 2.38. The van der Waals surface area contributed by atoms with Crippen LogP contribution in [0.4, 0.5) is 4.79 Å². The van der Waals surface area contributed by atoms with E-state index in [0.717, 1.165) is 25.8 Å². The van der Waals surface area contributed by atoms with E-state index in [2.05, 4.69) is 5.32 Å². The number of nitrogens with one attached hydrogen (secondary N) is 1. The summed E-state index contributed by atoms with van der Waals surface area (Å²) in [5.74, 6) is 0. The molecule has 1 fully saturated rings. The Morgan fingerprint density at radius 2 is 1.90 bits per heavy atom. The van der Waals surface area contributed by atoms with Crippen LogP contribution in [0.1, 0.15) is 52.9 Å². The fourth-order valence-electron chi connectivity index (χ4n) is 2.38. The third kappa shape index (κ3) is 7.10. The Hall–Kier alpha value is -0.810. The van der Waals surface area contributed by atoms with Gasteiger partial charge in [0.2, 0.25) is 0 Å². The van der Waals surface area contributed by atoms with Crippen LogP contribution in [0.5, 0.6) is 0 Å². The number of carbonyl (C=O) groups is 1. The summed E-state index contributed by atoms with van der Waals surface area (Å²) in [5, 5.41) is 3.55. The van der Waals surface area contributed by atoms with Crippen molar-refractivity contribution in [3.8, 4) is 0 Å². The molecule has 0 aliphatic heterocycles. The van der Waals surface area contributed by atoms with E-state index >= 15 is 0 Å². The monoisotopic (exact) mass is 285 g/mol. The average Bonchev–Trinajstić information content (AvgIpc) is 2.34. The summed E-state index contributed by atoms with van der Waals surface area (Å²) in [6.45, 7) is 7.30. The summed E-state index contributed by atoms with van der Waals surface area (Å²) in [5.41, 5.74) is 5.46. The molecule has 0 heterocycles. The Kier molecular flexibility index (Phi) is 6.76. The molecule has 0 aromatic carbocycles. The van der Waals surface area contributed by atoms with Crippen LogP contribution in [-0.2, 0) is 4.74 Å². The average molecular weight is 285 g/mol. The molecular weight excluding hydrogens is 254 g/mol. The smallest absolute Gasteiger partial charge is 0.410 e. The van der Waals surface area contributed by atoms with E-state index in [0.29, 0.717) is 18.6 Å². The van der Waals surface area contributed by atoms with Gasteiger partial charge in [-0.15, -0.1) is 0 Å². The predicted molar refractivity (Wildman–Crippen MR) is 81.7 cm³/mol. The maximum atomic E-state index is 11.8. The maximum Gasteiger partial charge on any atom is 0.410 e. The summed E-state index contributed by atoms with van der Waals surface area (Å²) in [4.78, 5) is 13.4. The van der Waals surface area contributed by atoms with Crippen molar-refractivity contribution in [2.75, 3.05) is 20.1 Å². The van der Waals surface area contributed by atoms with E-state index in [1.807, 2.05) is 20.8 Å². The largest absolute Gasteiger partial charge is 0.444 e. The molecule has 0 spiro atoms. The van der Waals surface area contributed by atoms with Crippen LogP contribution in [0.15, 0.2) is 0 Å². The van der Waals surface area contributed by atoms with Crippen LogP contribution in [0.3, 0.4) is 0 Å². The molecule has 1 saturated carbocycles. The second-order valence-corrected chi connectivity index (χ2v) is 6.82. The van der Waals surface area contributed by atoms with Gasteiger partial charge in [-0.25, -0.2) is 4.79 Å². The van der Waals surface area contributed by atoms with Gasteiger partial charge < -0.3 is 20.7 Å². The quantitative estimate of drug-likeness (QED) is 0.759. The van der Waals surface area contributed by atoms with Crippen molar-refractivity contribution < 1.29 is 9.53 Å². The number of nitrogens with zero attached hydrogens (tertiary/aromatic N) is 1. The van der Waals surface area contributed by atoms with E-state index in [-0.39, 0.29) is 6.09 Å². The first-order valence-electron chi connectivity index (χ1n) is 7.71. The third-order valence-electron chi connectivity index (χ3n) is 3.58. The zero-order valence-corrected chi connectivity index (χ0v) is 13.4. The molecule has 0 atom stereocenters. The SMILES string of the molecule is CN(CCCNC1CCC(N)CC1)C(=O)OC(C)(C)C. The molecule has 1 rings (SSSR count). The van der Waals surface area contributed by atoms with Gasteiger partial charge in [-0.3, -0.25) is 0 Å². The zero-order valence-electron chi connectivity index (χ0n) is 13.4. The molecule has 0 aromatic heterocycles. The molecule has 1 aliphatic rings. The predicted octanol–water partition coefficient (Wildman–Crippen LogP) is 2.10. The van der Waals surface area contributed by atoms with Crippen LogP contribution < -0.4 is 11.1 Å². The molecule has 20 heavy (non-hydrogen) atoms. The lowest BCUT2D eigenvalue weighted by molar-refractivity contribution is 0.0297. The van der Waals surface area contributed by atoms with Crippen molar-refractivity contribution in [1.82, 2.24) is 10.2 Å². The Balaban J connectivity index is 2.10. The van der Waals surface area contributed by atoms with E-state index in [4.69, 9.17) is 10.5 Å². The topological polar surface area (TPSA) is 67.6 Å². The second-order valence-electron chi connectivity index (χ2n) is 6.82. The fraction of sp³-hybridized carbons (Fsp3) is 0.933. The summed E-state index contributed by atoms with van der Waals surface area (Å²) in [7, 11) is 1.79. The number of amides is 1. The van der Waals surface area contributed by atoms with Crippen LogP contribution in [-0.4, -0.2) is 48.8 Å². The van der Waals surface area contributed by atoms with Gasteiger partial charge in [0.05, 0.1) is 0 Å². The van der Waals surface area contributed by atoms with Gasteiger partial charge in [0.1, 0.15) is 5.60 Å². The van der Waals surface area contributed by atoms with Crippen molar-refractivity contribution >= 4 is 6.09 Å². The summed E-state index contributed by atoms with van der Waals surface area (Å²) in [6, 6.07) is 0.994. The highest BCUT2D eigenvalue weighted by Gasteiger charge is 2.20.